The molecule has 6 aliphatic carbocycles. The molecule has 7 nitrogen and oxygen atoms in total. The molecule has 2 spiro atoms. The van der Waals surface area contributed by atoms with Crippen LogP contribution in [0, 0.1) is 33.5 Å². The number of ketones is 1. The van der Waals surface area contributed by atoms with E-state index in [1.54, 1.807) is 6.92 Å². The summed E-state index contributed by atoms with van der Waals surface area (Å²) in [7, 11) is 0. The lowest BCUT2D eigenvalue weighted by Gasteiger charge is -2.71. The second-order valence-electron chi connectivity index (χ2n) is 16.8. The number of allylic oxidation sites excluding steroid dienone is 4. The summed E-state index contributed by atoms with van der Waals surface area (Å²) in [5.41, 5.74) is -3.20. The molecular formula is C40H46ClF3N2O5. The molecular weight excluding hydrogens is 681 g/mol. The van der Waals surface area contributed by atoms with Crippen LogP contribution in [-0.2, 0) is 11.0 Å². The Labute approximate surface area is 301 Å². The number of carbonyl (C=O) groups excluding carboxylic acids is 2. The SMILES string of the molecule is CC(=O)N1CCN(CC2(O)CCC3C45C=CC6(C=C4C(=O)c4ccc(-c7cc(C(F)(F)F)ccc7Cl)o4)CC(O)CCC6(C)C5CCC32C)CC1. The molecule has 274 valence electrons. The molecule has 1 aromatic carbocycles. The summed E-state index contributed by atoms with van der Waals surface area (Å²) in [5, 5.41) is 23.8. The van der Waals surface area contributed by atoms with Crippen molar-refractivity contribution in [2.45, 2.75) is 83.6 Å². The molecule has 9 rings (SSSR count). The maximum absolute atomic E-state index is 14.9. The lowest BCUT2D eigenvalue weighted by molar-refractivity contribution is -0.177. The van der Waals surface area contributed by atoms with E-state index in [-0.39, 0.29) is 51.0 Å². The summed E-state index contributed by atoms with van der Waals surface area (Å²) in [6.07, 6.45) is 6.41. The Morgan fingerprint density at radius 3 is 2.35 bits per heavy atom. The molecule has 1 aliphatic heterocycles. The molecule has 2 N–H and O–H groups in total. The lowest BCUT2D eigenvalue weighted by Crippen LogP contribution is -2.67. The fourth-order valence-corrected chi connectivity index (χ4v) is 12.0. The standard InChI is InChI=1S/C40H46ClF3N2O5/c1-24(47)46-18-16-45(17-19-46)23-38(50)13-10-33-36(38,3)12-9-32-35(2)11-8-26(48)21-37(35)14-15-39(32,33)28(22-37)34(49)31-7-6-30(51-31)27-20-25(40(42,43)44)4-5-29(27)41/h4-7,14-15,20,22,26,32-33,48,50H,8-13,16-19,21,23H2,1-3H3. The zero-order chi connectivity index (χ0) is 36.4. The minimum absolute atomic E-state index is 0.0251. The van der Waals surface area contributed by atoms with Gasteiger partial charge in [-0.1, -0.05) is 43.7 Å². The number of aliphatic hydroxyl groups is 2. The first-order valence-electron chi connectivity index (χ1n) is 18.3. The monoisotopic (exact) mass is 726 g/mol. The highest BCUT2D eigenvalue weighted by atomic mass is 35.5. The van der Waals surface area contributed by atoms with E-state index < -0.39 is 39.7 Å². The molecule has 0 radical (unpaired) electrons. The van der Waals surface area contributed by atoms with Crippen LogP contribution in [0.1, 0.15) is 81.8 Å². The fourth-order valence-electron chi connectivity index (χ4n) is 11.8. The summed E-state index contributed by atoms with van der Waals surface area (Å²) in [6.45, 7) is 9.24. The Bertz CT molecular complexity index is 1850. The number of β-amino-alcohol motifs (C(OH)–C–C–N with tert-alkyl or cyclic N) is 1. The van der Waals surface area contributed by atoms with Gasteiger partial charge in [-0.05, 0) is 92.5 Å². The number of aliphatic hydroxyl groups excluding tert-OH is 1. The van der Waals surface area contributed by atoms with Gasteiger partial charge in [-0.2, -0.15) is 13.2 Å². The number of Topliss-reactive ketones (excluding diaryl/α,β-unsaturated/α-hetero) is 1. The van der Waals surface area contributed by atoms with Crippen molar-refractivity contribution in [2.75, 3.05) is 32.7 Å². The van der Waals surface area contributed by atoms with Crippen LogP contribution >= 0.6 is 11.6 Å². The Morgan fingerprint density at radius 2 is 1.65 bits per heavy atom. The van der Waals surface area contributed by atoms with Crippen LogP contribution in [0.15, 0.2) is 58.6 Å². The van der Waals surface area contributed by atoms with Gasteiger partial charge in [-0.25, -0.2) is 0 Å². The molecule has 3 saturated carbocycles. The quantitative estimate of drug-likeness (QED) is 0.244. The van der Waals surface area contributed by atoms with Crippen LogP contribution in [0.25, 0.3) is 11.3 Å². The summed E-state index contributed by atoms with van der Waals surface area (Å²) >= 11 is 6.36. The molecule has 11 heteroatoms. The van der Waals surface area contributed by atoms with Gasteiger partial charge >= 0.3 is 6.18 Å². The van der Waals surface area contributed by atoms with Gasteiger partial charge in [-0.15, -0.1) is 0 Å². The van der Waals surface area contributed by atoms with Gasteiger partial charge in [0.2, 0.25) is 11.7 Å². The fraction of sp³-hybridized carbons (Fsp3) is 0.600. The summed E-state index contributed by atoms with van der Waals surface area (Å²) < 4.78 is 46.9. The smallest absolute Gasteiger partial charge is 0.416 e. The van der Waals surface area contributed by atoms with Gasteiger partial charge in [0.15, 0.2) is 5.76 Å². The van der Waals surface area contributed by atoms with Gasteiger partial charge in [0.1, 0.15) is 5.76 Å². The number of hydrogen-bond acceptors (Lipinski definition) is 6. The largest absolute Gasteiger partial charge is 0.453 e. The van der Waals surface area contributed by atoms with E-state index in [0.29, 0.717) is 57.6 Å². The van der Waals surface area contributed by atoms with Gasteiger partial charge in [0.25, 0.3) is 0 Å². The highest BCUT2D eigenvalue weighted by Gasteiger charge is 2.74. The Balaban J connectivity index is 1.18. The minimum Gasteiger partial charge on any atom is -0.453 e. The van der Waals surface area contributed by atoms with Crippen LogP contribution < -0.4 is 0 Å². The number of benzene rings is 1. The van der Waals surface area contributed by atoms with Crippen molar-refractivity contribution >= 4 is 23.3 Å². The van der Waals surface area contributed by atoms with E-state index in [2.05, 4.69) is 37.0 Å². The highest BCUT2D eigenvalue weighted by molar-refractivity contribution is 6.33. The number of piperazine rings is 1. The number of amides is 1. The second kappa shape index (κ2) is 11.5. The van der Waals surface area contributed by atoms with Crippen molar-refractivity contribution in [1.82, 2.24) is 9.80 Å². The van der Waals surface area contributed by atoms with Crippen molar-refractivity contribution in [3.63, 3.8) is 0 Å². The Kier molecular flexibility index (Phi) is 7.95. The van der Waals surface area contributed by atoms with Crippen LogP contribution in [-0.4, -0.2) is 76.1 Å². The summed E-state index contributed by atoms with van der Waals surface area (Å²) in [6, 6.07) is 6.06. The molecule has 2 aromatic rings. The topological polar surface area (TPSA) is 94.2 Å². The van der Waals surface area contributed by atoms with Crippen molar-refractivity contribution in [3.8, 4) is 11.3 Å². The first-order valence-corrected chi connectivity index (χ1v) is 18.7. The van der Waals surface area contributed by atoms with E-state index in [0.717, 1.165) is 37.8 Å². The van der Waals surface area contributed by atoms with E-state index in [1.807, 2.05) is 4.90 Å². The molecule has 4 fully saturated rings. The van der Waals surface area contributed by atoms with Gasteiger partial charge in [-0.3, -0.25) is 14.5 Å². The van der Waals surface area contributed by atoms with Crippen LogP contribution in [0.2, 0.25) is 5.02 Å². The zero-order valence-corrected chi connectivity index (χ0v) is 30.1. The van der Waals surface area contributed by atoms with E-state index >= 15 is 0 Å². The molecule has 7 aliphatic rings. The number of carbonyl (C=O) groups is 2. The van der Waals surface area contributed by atoms with E-state index in [9.17, 15) is 33.0 Å². The van der Waals surface area contributed by atoms with Crippen molar-refractivity contribution in [3.05, 3.63) is 70.5 Å². The maximum atomic E-state index is 14.9. The Hall–Kier alpha value is -2.92. The summed E-state index contributed by atoms with van der Waals surface area (Å²) in [5.74, 6) is -0.139. The van der Waals surface area contributed by atoms with Gasteiger partial charge < -0.3 is 19.5 Å². The van der Waals surface area contributed by atoms with Gasteiger partial charge in [0.05, 0.1) is 22.3 Å². The average molecular weight is 727 g/mol. The lowest BCUT2D eigenvalue weighted by atomic mass is 9.32. The van der Waals surface area contributed by atoms with Crippen LogP contribution in [0.3, 0.4) is 0 Å². The highest BCUT2D eigenvalue weighted by Crippen LogP contribution is 2.78. The van der Waals surface area contributed by atoms with E-state index in [1.165, 1.54) is 18.2 Å². The number of nitrogens with zero attached hydrogens (tertiary/aromatic N) is 2. The predicted octanol–water partition coefficient (Wildman–Crippen LogP) is 7.56. The average Bonchev–Trinajstić information content (AvgIpc) is 3.67. The predicted molar refractivity (Wildman–Crippen MR) is 186 cm³/mol. The molecule has 51 heavy (non-hydrogen) atoms. The summed E-state index contributed by atoms with van der Waals surface area (Å²) in [4.78, 5) is 31.0. The van der Waals surface area contributed by atoms with E-state index in [4.69, 9.17) is 16.0 Å². The molecule has 8 unspecified atom stereocenters. The third-order valence-corrected chi connectivity index (χ3v) is 15.0. The minimum atomic E-state index is -4.58. The number of furan rings is 1. The molecule has 2 bridgehead atoms. The molecule has 2 heterocycles. The Morgan fingerprint density at radius 1 is 0.961 bits per heavy atom. The second-order valence-corrected chi connectivity index (χ2v) is 17.2. The molecule has 1 amide bonds. The first kappa shape index (κ1) is 35.1. The van der Waals surface area contributed by atoms with Gasteiger partial charge in [0, 0.05) is 67.0 Å². The van der Waals surface area contributed by atoms with Crippen molar-refractivity contribution < 1.29 is 37.4 Å². The van der Waals surface area contributed by atoms with Crippen molar-refractivity contribution in [2.24, 2.45) is 33.5 Å². The third kappa shape index (κ3) is 4.95. The number of hydrogen-bond donors (Lipinski definition) is 2. The number of fused-ring (bicyclic) bond motifs is 1. The van der Waals surface area contributed by atoms with Crippen LogP contribution in [0.4, 0.5) is 13.2 Å². The first-order chi connectivity index (χ1) is 24.0. The normalized spacial score (nSPS) is 39.0. The molecule has 1 saturated heterocycles. The third-order valence-electron chi connectivity index (χ3n) is 14.6. The maximum Gasteiger partial charge on any atom is 0.416 e. The molecule has 1 aromatic heterocycles. The number of alkyl halides is 3. The number of rotatable bonds is 5. The zero-order valence-electron chi connectivity index (χ0n) is 29.4. The van der Waals surface area contributed by atoms with Crippen LogP contribution in [0.5, 0.6) is 0 Å². The molecule has 8 atom stereocenters. The van der Waals surface area contributed by atoms with Crippen molar-refractivity contribution in [1.29, 1.82) is 0 Å². The number of halogens is 4.